The Labute approximate surface area is 172 Å². The van der Waals surface area contributed by atoms with E-state index in [1.807, 2.05) is 0 Å². The van der Waals surface area contributed by atoms with E-state index < -0.39 is 23.3 Å². The topological polar surface area (TPSA) is 89.2 Å². The molecule has 3 N–H and O–H groups in total. The maximum atomic E-state index is 14.4. The van der Waals surface area contributed by atoms with Gasteiger partial charge < -0.3 is 10.5 Å². The lowest BCUT2D eigenvalue weighted by atomic mass is 9.96. The summed E-state index contributed by atoms with van der Waals surface area (Å²) in [4.78, 5) is 17.9. The molecule has 30 heavy (non-hydrogen) atoms. The van der Waals surface area contributed by atoms with Gasteiger partial charge in [0.1, 0.15) is 17.3 Å². The molecule has 0 bridgehead atoms. The molecule has 0 fully saturated rings. The number of carbonyl (C=O) groups is 1. The smallest absolute Gasteiger partial charge is 0.295 e. The molecule has 0 saturated carbocycles. The van der Waals surface area contributed by atoms with Gasteiger partial charge in [-0.25, -0.2) is 8.78 Å². The molecule has 0 aromatic heterocycles. The largest absolute Gasteiger partial charge is 0.443 e. The van der Waals surface area contributed by atoms with Crippen LogP contribution in [0.4, 0.5) is 8.78 Å². The molecule has 9 heteroatoms. The summed E-state index contributed by atoms with van der Waals surface area (Å²) in [5.41, 5.74) is 6.93. The molecular weight excluding hydrogens is 394 g/mol. The Hall–Kier alpha value is -3.30. The van der Waals surface area contributed by atoms with Gasteiger partial charge in [-0.2, -0.15) is 5.01 Å². The summed E-state index contributed by atoms with van der Waals surface area (Å²) in [5, 5.41) is 5.28. The van der Waals surface area contributed by atoms with Crippen LogP contribution in [0.2, 0.25) is 0 Å². The Kier molecular flexibility index (Phi) is 6.43. The van der Waals surface area contributed by atoms with Crippen LogP contribution in [0.5, 0.6) is 0 Å². The van der Waals surface area contributed by atoms with Crippen molar-refractivity contribution in [3.8, 4) is 0 Å². The molecule has 0 spiro atoms. The number of nitrogens with two attached hydrogens (primary N) is 1. The Morgan fingerprint density at radius 3 is 2.70 bits per heavy atom. The fourth-order valence-corrected chi connectivity index (χ4v) is 3.19. The van der Waals surface area contributed by atoms with Crippen LogP contribution in [0, 0.1) is 11.6 Å². The minimum Gasteiger partial charge on any atom is -0.443 e. The van der Waals surface area contributed by atoms with Crippen molar-refractivity contribution in [1.82, 2.24) is 10.5 Å². The predicted molar refractivity (Wildman–Crippen MR) is 107 cm³/mol. The molecule has 0 saturated heterocycles. The molecule has 0 aliphatic carbocycles. The number of hydrogen-bond donors (Lipinski definition) is 2. The van der Waals surface area contributed by atoms with Gasteiger partial charge in [0.05, 0.1) is 12.7 Å². The highest BCUT2D eigenvalue weighted by molar-refractivity contribution is 6.00. The summed E-state index contributed by atoms with van der Waals surface area (Å²) >= 11 is 0. The van der Waals surface area contributed by atoms with Crippen LogP contribution in [-0.2, 0) is 20.1 Å². The van der Waals surface area contributed by atoms with Gasteiger partial charge in [0.15, 0.2) is 0 Å². The highest BCUT2D eigenvalue weighted by Crippen LogP contribution is 2.41. The fraction of sp³-hybridized carbons (Fsp3) is 0.238. The number of hydroxylamine groups is 1. The second-order valence-corrected chi connectivity index (χ2v) is 6.58. The first kappa shape index (κ1) is 21.4. The van der Waals surface area contributed by atoms with Crippen molar-refractivity contribution >= 4 is 11.8 Å². The van der Waals surface area contributed by atoms with E-state index in [2.05, 4.69) is 17.2 Å². The van der Waals surface area contributed by atoms with Gasteiger partial charge in [0.2, 0.25) is 11.6 Å². The van der Waals surface area contributed by atoms with E-state index in [4.69, 9.17) is 15.3 Å². The third kappa shape index (κ3) is 4.03. The summed E-state index contributed by atoms with van der Waals surface area (Å²) in [6.45, 7) is 3.97. The zero-order chi connectivity index (χ0) is 21.7. The van der Waals surface area contributed by atoms with Gasteiger partial charge in [-0.1, -0.05) is 36.9 Å². The minimum atomic E-state index is -1.43. The van der Waals surface area contributed by atoms with Crippen LogP contribution in [0.1, 0.15) is 24.0 Å². The molecule has 1 unspecified atom stereocenters. The number of hydrogen-bond acceptors (Lipinski definition) is 6. The molecule has 7 nitrogen and oxygen atoms in total. The van der Waals surface area contributed by atoms with E-state index in [1.54, 1.807) is 30.3 Å². The van der Waals surface area contributed by atoms with Crippen molar-refractivity contribution in [3.05, 3.63) is 83.6 Å². The lowest BCUT2D eigenvalue weighted by Gasteiger charge is -2.35. The maximum Gasteiger partial charge on any atom is 0.295 e. The molecule has 3 rings (SSSR count). The molecule has 1 amide bonds. The van der Waals surface area contributed by atoms with E-state index in [-0.39, 0.29) is 23.6 Å². The molecular formula is C21H22F2N4O3. The number of carbonyl (C=O) groups excluding carboxylic acids is 1. The normalized spacial score (nSPS) is 18.0. The van der Waals surface area contributed by atoms with Crippen LogP contribution in [0.3, 0.4) is 0 Å². The first-order valence-corrected chi connectivity index (χ1v) is 9.24. The van der Waals surface area contributed by atoms with Crippen molar-refractivity contribution in [2.24, 2.45) is 10.8 Å². The average Bonchev–Trinajstić information content (AvgIpc) is 3.14. The molecule has 1 atom stereocenters. The van der Waals surface area contributed by atoms with Crippen molar-refractivity contribution < 1.29 is 23.1 Å². The van der Waals surface area contributed by atoms with Gasteiger partial charge in [0, 0.05) is 12.0 Å². The number of amides is 1. The number of halogens is 2. The Balaban J connectivity index is 2.15. The summed E-state index contributed by atoms with van der Waals surface area (Å²) in [5.74, 6) is -2.30. The number of rotatable bonds is 8. The third-order valence-electron chi connectivity index (χ3n) is 4.58. The van der Waals surface area contributed by atoms with Crippen LogP contribution < -0.4 is 11.2 Å². The number of ether oxygens (including phenoxy) is 1. The zero-order valence-corrected chi connectivity index (χ0v) is 16.4. The SMILES string of the molecule is C=C(NOC)C(=O)N1N=C(c2cc(F)ccc2F)OC1(CCCN)c1ccccc1. The number of benzene rings is 2. The summed E-state index contributed by atoms with van der Waals surface area (Å²) in [6, 6.07) is 11.8. The summed E-state index contributed by atoms with van der Waals surface area (Å²) < 4.78 is 34.3. The van der Waals surface area contributed by atoms with Crippen LogP contribution >= 0.6 is 0 Å². The quantitative estimate of drug-likeness (QED) is 0.510. The van der Waals surface area contributed by atoms with E-state index in [0.29, 0.717) is 18.5 Å². The Morgan fingerprint density at radius 1 is 1.30 bits per heavy atom. The second-order valence-electron chi connectivity index (χ2n) is 6.58. The highest BCUT2D eigenvalue weighted by Gasteiger charge is 2.50. The van der Waals surface area contributed by atoms with Gasteiger partial charge >= 0.3 is 0 Å². The lowest BCUT2D eigenvalue weighted by molar-refractivity contribution is -0.150. The molecule has 1 aliphatic heterocycles. The van der Waals surface area contributed by atoms with Crippen molar-refractivity contribution in [3.63, 3.8) is 0 Å². The van der Waals surface area contributed by atoms with Crippen LogP contribution in [0.15, 0.2) is 65.9 Å². The molecule has 2 aromatic rings. The fourth-order valence-electron chi connectivity index (χ4n) is 3.19. The van der Waals surface area contributed by atoms with E-state index in [0.717, 1.165) is 23.2 Å². The van der Waals surface area contributed by atoms with E-state index in [1.165, 1.54) is 7.11 Å². The molecule has 1 aliphatic rings. The van der Waals surface area contributed by atoms with Gasteiger partial charge in [-0.05, 0) is 31.2 Å². The zero-order valence-electron chi connectivity index (χ0n) is 16.4. The second kappa shape index (κ2) is 9.02. The van der Waals surface area contributed by atoms with Gasteiger partial charge in [-0.15, -0.1) is 5.10 Å². The van der Waals surface area contributed by atoms with Crippen LogP contribution in [0.25, 0.3) is 0 Å². The molecule has 2 aromatic carbocycles. The monoisotopic (exact) mass is 416 g/mol. The average molecular weight is 416 g/mol. The summed E-state index contributed by atoms with van der Waals surface area (Å²) in [6.07, 6.45) is 0.723. The van der Waals surface area contributed by atoms with Gasteiger partial charge in [0.25, 0.3) is 5.91 Å². The number of hydrazone groups is 1. The Morgan fingerprint density at radius 2 is 2.03 bits per heavy atom. The van der Waals surface area contributed by atoms with Gasteiger partial charge in [-0.3, -0.25) is 15.1 Å². The van der Waals surface area contributed by atoms with Crippen molar-refractivity contribution in [1.29, 1.82) is 0 Å². The van der Waals surface area contributed by atoms with Crippen LogP contribution in [-0.4, -0.2) is 30.5 Å². The summed E-state index contributed by atoms with van der Waals surface area (Å²) in [7, 11) is 1.33. The molecule has 0 radical (unpaired) electrons. The standard InChI is InChI=1S/C21H22F2N4O3/c1-14(26-29-2)20(28)27-21(11-6-12-24,15-7-4-3-5-8-15)30-19(25-27)17-13-16(22)9-10-18(17)23/h3-5,7-10,13,26H,1,6,11-12,24H2,2H3. The first-order valence-electron chi connectivity index (χ1n) is 9.24. The van der Waals surface area contributed by atoms with Crippen molar-refractivity contribution in [2.75, 3.05) is 13.7 Å². The van der Waals surface area contributed by atoms with Crippen molar-refractivity contribution in [2.45, 2.75) is 18.6 Å². The lowest BCUT2D eigenvalue weighted by Crippen LogP contribution is -2.47. The molecule has 1 heterocycles. The molecule has 158 valence electrons. The Bertz CT molecular complexity index is 968. The minimum absolute atomic E-state index is 0.112. The van der Waals surface area contributed by atoms with E-state index in [9.17, 15) is 13.6 Å². The maximum absolute atomic E-state index is 14.4. The van der Waals surface area contributed by atoms with E-state index >= 15 is 0 Å². The predicted octanol–water partition coefficient (Wildman–Crippen LogP) is 2.74. The first-order chi connectivity index (χ1) is 14.4. The highest BCUT2D eigenvalue weighted by atomic mass is 19.1. The number of nitrogens with one attached hydrogen (secondary N) is 1. The third-order valence-corrected chi connectivity index (χ3v) is 4.58. The number of nitrogens with zero attached hydrogens (tertiary/aromatic N) is 2.